The summed E-state index contributed by atoms with van der Waals surface area (Å²) in [5, 5.41) is 20.3. The molecule has 0 bridgehead atoms. The topological polar surface area (TPSA) is 116 Å². The fourth-order valence-electron chi connectivity index (χ4n) is 1.20. The maximum absolute atomic E-state index is 11.2. The fourth-order valence-corrected chi connectivity index (χ4v) is 1.67. The lowest BCUT2D eigenvalue weighted by molar-refractivity contribution is -0.385. The Morgan fingerprint density at radius 1 is 1.61 bits per heavy atom. The van der Waals surface area contributed by atoms with Gasteiger partial charge in [0.25, 0.3) is 5.69 Å². The van der Waals surface area contributed by atoms with E-state index in [0.717, 1.165) is 19.2 Å². The number of nitrogens with two attached hydrogens (primary N) is 1. The molecular weight excluding hydrogens is 331 g/mol. The molecule has 0 aliphatic heterocycles. The summed E-state index contributed by atoms with van der Waals surface area (Å²) in [4.78, 5) is 21.2. The van der Waals surface area contributed by atoms with Crippen molar-refractivity contribution in [3.8, 4) is 5.75 Å². The SMILES string of the molecule is COC(=O)[C@@H](N)c1cc([N+](=O)[O-])cc(Br)c1O.Cl. The summed E-state index contributed by atoms with van der Waals surface area (Å²) < 4.78 is 4.49. The number of hydrogen-bond acceptors (Lipinski definition) is 6. The molecule has 0 unspecified atom stereocenters. The second kappa shape index (κ2) is 6.53. The number of nitro benzene ring substituents is 1. The number of nitro groups is 1. The molecule has 0 radical (unpaired) electrons. The van der Waals surface area contributed by atoms with Crippen LogP contribution in [-0.4, -0.2) is 23.1 Å². The zero-order valence-corrected chi connectivity index (χ0v) is 11.5. The number of carbonyl (C=O) groups is 1. The first-order valence-electron chi connectivity index (χ1n) is 4.38. The van der Waals surface area contributed by atoms with E-state index in [1.165, 1.54) is 0 Å². The summed E-state index contributed by atoms with van der Waals surface area (Å²) in [7, 11) is 1.13. The number of non-ortho nitro benzene ring substituents is 1. The van der Waals surface area contributed by atoms with Crippen LogP contribution < -0.4 is 5.73 Å². The Morgan fingerprint density at radius 2 is 2.17 bits per heavy atom. The van der Waals surface area contributed by atoms with Crippen molar-refractivity contribution in [2.75, 3.05) is 7.11 Å². The summed E-state index contributed by atoms with van der Waals surface area (Å²) in [6.07, 6.45) is 0. The summed E-state index contributed by atoms with van der Waals surface area (Å²) in [6.45, 7) is 0. The molecule has 1 atom stereocenters. The van der Waals surface area contributed by atoms with E-state index < -0.39 is 16.9 Å². The number of phenolic OH excluding ortho intramolecular Hbond substituents is 1. The van der Waals surface area contributed by atoms with Gasteiger partial charge in [-0.15, -0.1) is 12.4 Å². The quantitative estimate of drug-likeness (QED) is 0.491. The average Bonchev–Trinajstić information content (AvgIpc) is 2.30. The van der Waals surface area contributed by atoms with Crippen LogP contribution in [0.4, 0.5) is 5.69 Å². The highest BCUT2D eigenvalue weighted by atomic mass is 79.9. The average molecular weight is 342 g/mol. The largest absolute Gasteiger partial charge is 0.506 e. The molecule has 9 heteroatoms. The van der Waals surface area contributed by atoms with Gasteiger partial charge in [0.2, 0.25) is 0 Å². The minimum atomic E-state index is -1.28. The molecule has 0 aliphatic rings. The molecule has 7 nitrogen and oxygen atoms in total. The van der Waals surface area contributed by atoms with Crippen LogP contribution in [0.15, 0.2) is 16.6 Å². The number of esters is 1. The van der Waals surface area contributed by atoms with Gasteiger partial charge in [-0.25, -0.2) is 0 Å². The second-order valence-electron chi connectivity index (χ2n) is 3.12. The minimum absolute atomic E-state index is 0. The summed E-state index contributed by atoms with van der Waals surface area (Å²) in [5.74, 6) is -1.12. The molecule has 18 heavy (non-hydrogen) atoms. The second-order valence-corrected chi connectivity index (χ2v) is 3.98. The maximum atomic E-state index is 11.2. The lowest BCUT2D eigenvalue weighted by Crippen LogP contribution is -2.22. The molecule has 0 spiro atoms. The predicted octanol–water partition coefficient (Wildman–Crippen LogP) is 1.66. The molecule has 0 amide bonds. The molecular formula is C9H10BrClN2O5. The van der Waals surface area contributed by atoms with E-state index in [1.807, 2.05) is 0 Å². The lowest BCUT2D eigenvalue weighted by atomic mass is 10.1. The molecule has 3 N–H and O–H groups in total. The van der Waals surface area contributed by atoms with E-state index in [9.17, 15) is 20.0 Å². The molecule has 0 saturated heterocycles. The molecule has 0 aromatic heterocycles. The van der Waals surface area contributed by atoms with E-state index in [1.54, 1.807) is 0 Å². The first kappa shape index (κ1) is 16.6. The highest BCUT2D eigenvalue weighted by Crippen LogP contribution is 2.35. The summed E-state index contributed by atoms with van der Waals surface area (Å²) in [5.41, 5.74) is 5.15. The maximum Gasteiger partial charge on any atom is 0.327 e. The number of phenols is 1. The van der Waals surface area contributed by atoms with Gasteiger partial charge in [0.1, 0.15) is 11.8 Å². The molecule has 0 aliphatic carbocycles. The molecule has 0 saturated carbocycles. The summed E-state index contributed by atoms with van der Waals surface area (Å²) >= 11 is 2.94. The van der Waals surface area contributed by atoms with Gasteiger partial charge in [0.05, 0.1) is 16.5 Å². The number of benzene rings is 1. The van der Waals surface area contributed by atoms with E-state index in [0.29, 0.717) is 0 Å². The van der Waals surface area contributed by atoms with Crippen LogP contribution >= 0.6 is 28.3 Å². The highest BCUT2D eigenvalue weighted by molar-refractivity contribution is 9.10. The molecule has 0 fully saturated rings. The van der Waals surface area contributed by atoms with Gasteiger partial charge < -0.3 is 15.6 Å². The van der Waals surface area contributed by atoms with Crippen molar-refractivity contribution < 1.29 is 19.6 Å². The van der Waals surface area contributed by atoms with Crippen molar-refractivity contribution in [3.05, 3.63) is 32.3 Å². The highest BCUT2D eigenvalue weighted by Gasteiger charge is 2.24. The van der Waals surface area contributed by atoms with Crippen LogP contribution in [0.1, 0.15) is 11.6 Å². The van der Waals surface area contributed by atoms with Crippen molar-refractivity contribution in [1.29, 1.82) is 0 Å². The van der Waals surface area contributed by atoms with Crippen molar-refractivity contribution in [2.24, 2.45) is 5.73 Å². The Kier molecular flexibility index (Phi) is 6.02. The third kappa shape index (κ3) is 3.31. The Bertz CT molecular complexity index is 482. The van der Waals surface area contributed by atoms with E-state index in [-0.39, 0.29) is 33.9 Å². The Labute approximate surface area is 117 Å². The van der Waals surface area contributed by atoms with Gasteiger partial charge in [0, 0.05) is 17.7 Å². The molecule has 0 heterocycles. The lowest BCUT2D eigenvalue weighted by Gasteiger charge is -2.12. The third-order valence-electron chi connectivity index (χ3n) is 2.08. The Morgan fingerprint density at radius 3 is 2.61 bits per heavy atom. The van der Waals surface area contributed by atoms with Gasteiger partial charge in [-0.1, -0.05) is 0 Å². The first-order valence-corrected chi connectivity index (χ1v) is 5.18. The fraction of sp³-hybridized carbons (Fsp3) is 0.222. The van der Waals surface area contributed by atoms with Crippen LogP contribution in [0.2, 0.25) is 0 Å². The predicted molar refractivity (Wildman–Crippen MR) is 68.7 cm³/mol. The van der Waals surface area contributed by atoms with Crippen LogP contribution in [0.5, 0.6) is 5.75 Å². The molecule has 100 valence electrons. The van der Waals surface area contributed by atoms with Gasteiger partial charge in [-0.2, -0.15) is 0 Å². The normalized spacial score (nSPS) is 11.3. The van der Waals surface area contributed by atoms with E-state index in [4.69, 9.17) is 5.73 Å². The Hall–Kier alpha value is -1.38. The summed E-state index contributed by atoms with van der Waals surface area (Å²) in [6, 6.07) is 0.862. The molecule has 1 aromatic carbocycles. The van der Waals surface area contributed by atoms with Crippen LogP contribution in [0, 0.1) is 10.1 Å². The number of rotatable bonds is 3. The molecule has 1 aromatic rings. The van der Waals surface area contributed by atoms with Gasteiger partial charge >= 0.3 is 5.97 Å². The van der Waals surface area contributed by atoms with Crippen molar-refractivity contribution in [1.82, 2.24) is 0 Å². The number of nitrogens with zero attached hydrogens (tertiary/aromatic N) is 1. The molecule has 1 rings (SSSR count). The van der Waals surface area contributed by atoms with Crippen LogP contribution in [0.3, 0.4) is 0 Å². The van der Waals surface area contributed by atoms with Crippen LogP contribution in [-0.2, 0) is 9.53 Å². The van der Waals surface area contributed by atoms with Gasteiger partial charge in [-0.3, -0.25) is 14.9 Å². The minimum Gasteiger partial charge on any atom is -0.506 e. The number of hydrogen-bond donors (Lipinski definition) is 2. The zero-order chi connectivity index (χ0) is 13.2. The van der Waals surface area contributed by atoms with Crippen LogP contribution in [0.25, 0.3) is 0 Å². The van der Waals surface area contributed by atoms with Crippen molar-refractivity contribution in [3.63, 3.8) is 0 Å². The number of methoxy groups -OCH3 is 1. The number of carbonyl (C=O) groups excluding carboxylic acids is 1. The van der Waals surface area contributed by atoms with E-state index >= 15 is 0 Å². The van der Waals surface area contributed by atoms with Crippen molar-refractivity contribution in [2.45, 2.75) is 6.04 Å². The van der Waals surface area contributed by atoms with E-state index in [2.05, 4.69) is 20.7 Å². The smallest absolute Gasteiger partial charge is 0.327 e. The zero-order valence-electron chi connectivity index (χ0n) is 9.12. The first-order chi connectivity index (χ1) is 7.88. The van der Waals surface area contributed by atoms with Gasteiger partial charge in [0.15, 0.2) is 0 Å². The van der Waals surface area contributed by atoms with Crippen molar-refractivity contribution >= 4 is 40.0 Å². The Balaban J connectivity index is 0.00000289. The standard InChI is InChI=1S/C9H9BrN2O5.ClH/c1-17-9(14)7(11)5-2-4(12(15)16)3-6(10)8(5)13;/h2-3,7,13H,11H2,1H3;1H/t7-;/m0./s1. The monoisotopic (exact) mass is 340 g/mol. The van der Waals surface area contributed by atoms with Gasteiger partial charge in [-0.05, 0) is 15.9 Å². The third-order valence-corrected chi connectivity index (χ3v) is 2.68. The number of ether oxygens (including phenoxy) is 1. The number of halogens is 2. The number of aromatic hydroxyl groups is 1.